The molecule has 0 saturated carbocycles. The molecule has 0 heterocycles. The minimum Gasteiger partial charge on any atom is -0.356 e. The number of hydrogen-bond donors (Lipinski definition) is 1. The Morgan fingerprint density at radius 2 is 1.52 bits per heavy atom. The summed E-state index contributed by atoms with van der Waals surface area (Å²) < 4.78 is 0. The number of nitrogens with one attached hydrogen (secondary N) is 1. The predicted octanol–water partition coefficient (Wildman–Crippen LogP) is 8.27. The second-order valence-corrected chi connectivity index (χ2v) is 7.73. The Hall–Kier alpha value is -2.51. The van der Waals surface area contributed by atoms with E-state index in [1.165, 1.54) is 27.8 Å². The summed E-state index contributed by atoms with van der Waals surface area (Å²) in [4.78, 5) is 0. The molecule has 0 aliphatic carbocycles. The van der Waals surface area contributed by atoms with Crippen LogP contribution in [0.1, 0.15) is 52.8 Å². The summed E-state index contributed by atoms with van der Waals surface area (Å²) in [5.41, 5.74) is 10.5. The lowest BCUT2D eigenvalue weighted by atomic mass is 9.98. The van der Waals surface area contributed by atoms with Gasteiger partial charge in [0.25, 0.3) is 0 Å². The fourth-order valence-electron chi connectivity index (χ4n) is 3.31. The molecule has 3 aromatic carbocycles. The van der Waals surface area contributed by atoms with Crippen LogP contribution < -0.4 is 5.32 Å². The van der Waals surface area contributed by atoms with E-state index < -0.39 is 0 Å². The third-order valence-electron chi connectivity index (χ3n) is 4.99. The van der Waals surface area contributed by atoms with Crippen molar-refractivity contribution in [2.75, 3.05) is 5.32 Å². The first-order valence-electron chi connectivity index (χ1n) is 10.2. The molecule has 0 unspecified atom stereocenters. The van der Waals surface area contributed by atoms with Crippen LogP contribution in [0.2, 0.25) is 5.02 Å². The molecule has 3 rings (SSSR count). The zero-order valence-corrected chi connectivity index (χ0v) is 19.2. The van der Waals surface area contributed by atoms with Crippen molar-refractivity contribution in [3.05, 3.63) is 105 Å². The maximum atomic E-state index is 6.45. The molecule has 0 amide bonds. The molecule has 1 nitrogen and oxygen atoms in total. The first kappa shape index (κ1) is 22.8. The third kappa shape index (κ3) is 5.98. The highest BCUT2D eigenvalue weighted by Gasteiger charge is 2.09. The fraction of sp³-hybridized carbons (Fsp3) is 0.259. The van der Waals surface area contributed by atoms with Crippen molar-refractivity contribution < 1.29 is 0 Å². The van der Waals surface area contributed by atoms with Gasteiger partial charge in [-0.05, 0) is 80.6 Å². The van der Waals surface area contributed by atoms with E-state index in [4.69, 9.17) is 11.6 Å². The minimum absolute atomic E-state index is 0.786. The third-order valence-corrected chi connectivity index (χ3v) is 5.36. The monoisotopic (exact) mass is 405 g/mol. The summed E-state index contributed by atoms with van der Waals surface area (Å²) >= 11 is 6.45. The largest absolute Gasteiger partial charge is 0.356 e. The minimum atomic E-state index is 0.786. The van der Waals surface area contributed by atoms with Crippen molar-refractivity contribution in [3.63, 3.8) is 0 Å². The van der Waals surface area contributed by atoms with Gasteiger partial charge in [0.05, 0.1) is 0 Å². The summed E-state index contributed by atoms with van der Waals surface area (Å²) in [5.74, 6) is 0. The van der Waals surface area contributed by atoms with Gasteiger partial charge in [0.2, 0.25) is 0 Å². The van der Waals surface area contributed by atoms with Gasteiger partial charge < -0.3 is 5.32 Å². The van der Waals surface area contributed by atoms with Crippen LogP contribution in [0.15, 0.2) is 61.2 Å². The molecule has 29 heavy (non-hydrogen) atoms. The van der Waals surface area contributed by atoms with E-state index in [0.717, 1.165) is 34.0 Å². The molecule has 3 aromatic rings. The van der Waals surface area contributed by atoms with E-state index in [1.807, 2.05) is 26.0 Å². The Balaban J connectivity index is 0.00000145. The van der Waals surface area contributed by atoms with Gasteiger partial charge >= 0.3 is 0 Å². The average molecular weight is 406 g/mol. The summed E-state index contributed by atoms with van der Waals surface area (Å²) in [5, 5.41) is 4.25. The molecule has 0 fully saturated rings. The smallest absolute Gasteiger partial charge is 0.0442 e. The highest BCUT2D eigenvalue weighted by molar-refractivity contribution is 6.31. The molecule has 2 heteroatoms. The maximum Gasteiger partial charge on any atom is 0.0442 e. The number of hydrogen-bond acceptors (Lipinski definition) is 1. The molecule has 1 N–H and O–H groups in total. The Kier molecular flexibility index (Phi) is 8.10. The van der Waals surface area contributed by atoms with Gasteiger partial charge in [-0.1, -0.05) is 73.5 Å². The van der Waals surface area contributed by atoms with E-state index in [0.29, 0.717) is 0 Å². The maximum absolute atomic E-state index is 6.45. The van der Waals surface area contributed by atoms with Gasteiger partial charge in [0.1, 0.15) is 0 Å². The van der Waals surface area contributed by atoms with Crippen LogP contribution in [0.25, 0.3) is 5.70 Å². The lowest BCUT2D eigenvalue weighted by Gasteiger charge is -2.16. The molecule has 0 aromatic heterocycles. The number of halogens is 1. The SMILES string of the molecule is C=C(Nc1ccc(Cl)c(Cc2ccc(C)cc2)c1)c1cc(C)cc(C)c1C.CC. The number of anilines is 1. The number of benzene rings is 3. The van der Waals surface area contributed by atoms with Crippen molar-refractivity contribution in [3.8, 4) is 0 Å². The van der Waals surface area contributed by atoms with E-state index in [9.17, 15) is 0 Å². The predicted molar refractivity (Wildman–Crippen MR) is 130 cm³/mol. The van der Waals surface area contributed by atoms with E-state index >= 15 is 0 Å². The summed E-state index contributed by atoms with van der Waals surface area (Å²) in [6.07, 6.45) is 0.809. The molecule has 0 radical (unpaired) electrons. The standard InChI is InChI=1S/C25H26ClN.C2H6/c1-16-6-8-21(9-7-16)14-22-15-23(10-11-25(22)26)27-20(5)24-13-17(2)12-18(3)19(24)4;1-2/h6-13,15,27H,5,14H2,1-4H3;1-2H3. The molecule has 0 saturated heterocycles. The van der Waals surface area contributed by atoms with Gasteiger partial charge in [-0.2, -0.15) is 0 Å². The highest BCUT2D eigenvalue weighted by Crippen LogP contribution is 2.27. The van der Waals surface area contributed by atoms with Gasteiger partial charge in [-0.15, -0.1) is 0 Å². The normalized spacial score (nSPS) is 10.2. The van der Waals surface area contributed by atoms with Crippen LogP contribution in [0, 0.1) is 27.7 Å². The fourth-order valence-corrected chi connectivity index (χ4v) is 3.49. The molecule has 0 aliphatic rings. The van der Waals surface area contributed by atoms with E-state index in [-0.39, 0.29) is 0 Å². The second-order valence-electron chi connectivity index (χ2n) is 7.33. The van der Waals surface area contributed by atoms with E-state index in [1.54, 1.807) is 0 Å². The number of rotatable bonds is 5. The van der Waals surface area contributed by atoms with Gasteiger partial charge in [-0.25, -0.2) is 0 Å². The van der Waals surface area contributed by atoms with Crippen LogP contribution in [-0.2, 0) is 6.42 Å². The number of aryl methyl sites for hydroxylation is 3. The Bertz CT molecular complexity index is 984. The molecule has 0 spiro atoms. The Morgan fingerprint density at radius 1 is 0.862 bits per heavy atom. The quantitative estimate of drug-likeness (QED) is 0.450. The zero-order valence-electron chi connectivity index (χ0n) is 18.5. The molecule has 152 valence electrons. The average Bonchev–Trinajstić information content (AvgIpc) is 2.70. The van der Waals surface area contributed by atoms with Crippen molar-refractivity contribution in [1.82, 2.24) is 0 Å². The molecule has 0 aliphatic heterocycles. The lowest BCUT2D eigenvalue weighted by molar-refractivity contribution is 1.19. The highest BCUT2D eigenvalue weighted by atomic mass is 35.5. The van der Waals surface area contributed by atoms with Crippen molar-refractivity contribution in [1.29, 1.82) is 0 Å². The van der Waals surface area contributed by atoms with Crippen LogP contribution in [0.4, 0.5) is 5.69 Å². The van der Waals surface area contributed by atoms with Gasteiger partial charge in [0, 0.05) is 22.0 Å². The molecular weight excluding hydrogens is 374 g/mol. The summed E-state index contributed by atoms with van der Waals surface area (Å²) in [6.45, 7) is 16.8. The summed E-state index contributed by atoms with van der Waals surface area (Å²) in [7, 11) is 0. The van der Waals surface area contributed by atoms with Crippen LogP contribution in [0.3, 0.4) is 0 Å². The first-order chi connectivity index (χ1) is 13.8. The Morgan fingerprint density at radius 3 is 2.17 bits per heavy atom. The molecular formula is C27H32ClN. The van der Waals surface area contributed by atoms with Crippen LogP contribution in [0.5, 0.6) is 0 Å². The van der Waals surface area contributed by atoms with E-state index in [2.05, 4.69) is 82.1 Å². The zero-order chi connectivity index (χ0) is 21.6. The van der Waals surface area contributed by atoms with Crippen molar-refractivity contribution in [2.45, 2.75) is 48.0 Å². The van der Waals surface area contributed by atoms with Crippen LogP contribution >= 0.6 is 11.6 Å². The van der Waals surface area contributed by atoms with Gasteiger partial charge in [0.15, 0.2) is 0 Å². The Labute approximate surface area is 181 Å². The second kappa shape index (κ2) is 10.3. The van der Waals surface area contributed by atoms with Gasteiger partial charge in [-0.3, -0.25) is 0 Å². The topological polar surface area (TPSA) is 12.0 Å². The van der Waals surface area contributed by atoms with Crippen molar-refractivity contribution >= 4 is 23.0 Å². The summed E-state index contributed by atoms with van der Waals surface area (Å²) in [6, 6.07) is 19.0. The van der Waals surface area contributed by atoms with Crippen LogP contribution in [-0.4, -0.2) is 0 Å². The molecule has 0 bridgehead atoms. The first-order valence-corrected chi connectivity index (χ1v) is 10.6. The molecule has 0 atom stereocenters. The lowest BCUT2D eigenvalue weighted by Crippen LogP contribution is -2.02. The van der Waals surface area contributed by atoms with Crippen molar-refractivity contribution in [2.24, 2.45) is 0 Å².